The number of carboxylic acid groups (broad SMARTS) is 2. The molecule has 0 aromatic heterocycles. The van der Waals surface area contributed by atoms with Crippen LogP contribution in [0.3, 0.4) is 0 Å². The number of amides is 3. The lowest BCUT2D eigenvalue weighted by Gasteiger charge is -2.26. The third-order valence-electron chi connectivity index (χ3n) is 4.11. The molecule has 0 radical (unpaired) electrons. The van der Waals surface area contributed by atoms with Crippen LogP contribution in [0.2, 0.25) is 0 Å². The van der Waals surface area contributed by atoms with E-state index in [0.717, 1.165) is 0 Å². The first-order chi connectivity index (χ1) is 14.4. The molecule has 0 aliphatic carbocycles. The standard InChI is InChI=1S/C17H30N4O8S2/c1-8(22)13(16(27)19-10(17(28)29)5-6-31-2)21-15(26)11(7-30)20-14(25)9(18)3-4-12(23)24/h8-11,13,22,30H,3-7,18H2,1-2H3,(H,19,27)(H,20,25)(H,21,26)(H,23,24)(H,28,29). The van der Waals surface area contributed by atoms with Crippen LogP contribution in [0, 0.1) is 0 Å². The predicted octanol–water partition coefficient (Wildman–Crippen LogP) is -2.22. The number of thiol groups is 1. The molecule has 12 nitrogen and oxygen atoms in total. The fourth-order valence-corrected chi connectivity index (χ4v) is 3.03. The summed E-state index contributed by atoms with van der Waals surface area (Å²) in [5, 5.41) is 34.6. The maximum atomic E-state index is 12.5. The van der Waals surface area contributed by atoms with Crippen LogP contribution < -0.4 is 21.7 Å². The van der Waals surface area contributed by atoms with Crippen molar-refractivity contribution in [2.45, 2.75) is 56.5 Å². The number of thioether (sulfide) groups is 1. The van der Waals surface area contributed by atoms with Crippen molar-refractivity contribution in [3.63, 3.8) is 0 Å². The highest BCUT2D eigenvalue weighted by molar-refractivity contribution is 7.98. The van der Waals surface area contributed by atoms with Gasteiger partial charge in [0, 0.05) is 12.2 Å². The van der Waals surface area contributed by atoms with Crippen molar-refractivity contribution in [2.24, 2.45) is 5.73 Å². The molecule has 5 atom stereocenters. The number of aliphatic hydroxyl groups is 1. The molecule has 5 unspecified atom stereocenters. The molecular weight excluding hydrogens is 452 g/mol. The summed E-state index contributed by atoms with van der Waals surface area (Å²) < 4.78 is 0. The van der Waals surface area contributed by atoms with E-state index in [2.05, 4.69) is 28.6 Å². The Hall–Kier alpha value is -2.03. The zero-order valence-corrected chi connectivity index (χ0v) is 18.9. The second kappa shape index (κ2) is 14.9. The third-order valence-corrected chi connectivity index (χ3v) is 5.12. The van der Waals surface area contributed by atoms with E-state index in [4.69, 9.17) is 10.8 Å². The van der Waals surface area contributed by atoms with Crippen LogP contribution in [-0.2, 0) is 24.0 Å². The molecule has 0 bridgehead atoms. The molecule has 0 aliphatic heterocycles. The van der Waals surface area contributed by atoms with Crippen LogP contribution in [0.5, 0.6) is 0 Å². The zero-order chi connectivity index (χ0) is 24.1. The molecule has 0 saturated carbocycles. The lowest BCUT2D eigenvalue weighted by atomic mass is 10.1. The molecule has 0 aromatic carbocycles. The predicted molar refractivity (Wildman–Crippen MR) is 117 cm³/mol. The average molecular weight is 483 g/mol. The smallest absolute Gasteiger partial charge is 0.326 e. The fraction of sp³-hybridized carbons (Fsp3) is 0.706. The summed E-state index contributed by atoms with van der Waals surface area (Å²) in [5.74, 6) is -4.63. The number of hydrogen-bond acceptors (Lipinski definition) is 9. The van der Waals surface area contributed by atoms with E-state index in [1.54, 1.807) is 6.26 Å². The minimum atomic E-state index is -1.48. The van der Waals surface area contributed by atoms with Crippen LogP contribution in [-0.4, -0.2) is 93.0 Å². The van der Waals surface area contributed by atoms with E-state index in [1.165, 1.54) is 18.7 Å². The number of aliphatic carboxylic acids is 2. The Labute approximate surface area is 189 Å². The lowest BCUT2D eigenvalue weighted by molar-refractivity contribution is -0.143. The Morgan fingerprint density at radius 2 is 1.55 bits per heavy atom. The van der Waals surface area contributed by atoms with Gasteiger partial charge in [-0.05, 0) is 31.8 Å². The largest absolute Gasteiger partial charge is 0.481 e. The number of aliphatic hydroxyl groups excluding tert-OH is 1. The van der Waals surface area contributed by atoms with E-state index in [9.17, 15) is 34.2 Å². The van der Waals surface area contributed by atoms with Crippen molar-refractivity contribution in [3.8, 4) is 0 Å². The summed E-state index contributed by atoms with van der Waals surface area (Å²) >= 11 is 5.37. The normalized spacial score (nSPS) is 15.6. The van der Waals surface area contributed by atoms with E-state index in [0.29, 0.717) is 5.75 Å². The molecule has 0 saturated heterocycles. The molecular formula is C17H30N4O8S2. The highest BCUT2D eigenvalue weighted by Crippen LogP contribution is 2.04. The summed E-state index contributed by atoms with van der Waals surface area (Å²) in [6, 6.07) is -5.09. The molecule has 0 fully saturated rings. The van der Waals surface area contributed by atoms with Crippen molar-refractivity contribution in [2.75, 3.05) is 17.8 Å². The van der Waals surface area contributed by atoms with Gasteiger partial charge in [-0.25, -0.2) is 4.79 Å². The van der Waals surface area contributed by atoms with Crippen molar-refractivity contribution < 1.29 is 39.3 Å². The van der Waals surface area contributed by atoms with Crippen molar-refractivity contribution in [3.05, 3.63) is 0 Å². The van der Waals surface area contributed by atoms with Crippen LogP contribution in [0.4, 0.5) is 0 Å². The van der Waals surface area contributed by atoms with Gasteiger partial charge in [0.2, 0.25) is 17.7 Å². The first-order valence-corrected chi connectivity index (χ1v) is 11.4. The molecule has 0 spiro atoms. The molecule has 3 amide bonds. The van der Waals surface area contributed by atoms with Crippen molar-refractivity contribution in [1.82, 2.24) is 16.0 Å². The number of nitrogens with one attached hydrogen (secondary N) is 3. The summed E-state index contributed by atoms with van der Waals surface area (Å²) in [7, 11) is 0. The number of hydrogen-bond donors (Lipinski definition) is 8. The first-order valence-electron chi connectivity index (χ1n) is 9.33. The van der Waals surface area contributed by atoms with Crippen LogP contribution >= 0.6 is 24.4 Å². The van der Waals surface area contributed by atoms with E-state index in [1.807, 2.05) is 0 Å². The van der Waals surface area contributed by atoms with E-state index >= 15 is 0 Å². The molecule has 31 heavy (non-hydrogen) atoms. The van der Waals surface area contributed by atoms with Gasteiger partial charge in [-0.3, -0.25) is 19.2 Å². The second-order valence-electron chi connectivity index (χ2n) is 6.69. The van der Waals surface area contributed by atoms with E-state index in [-0.39, 0.29) is 25.0 Å². The van der Waals surface area contributed by atoms with Crippen LogP contribution in [0.15, 0.2) is 0 Å². The van der Waals surface area contributed by atoms with Crippen molar-refractivity contribution >= 4 is 54.1 Å². The number of carboxylic acids is 2. The third kappa shape index (κ3) is 11.2. The Bertz CT molecular complexity index is 650. The lowest BCUT2D eigenvalue weighted by Crippen LogP contribution is -2.60. The summed E-state index contributed by atoms with van der Waals surface area (Å²) in [5.41, 5.74) is 5.60. The van der Waals surface area contributed by atoms with Gasteiger partial charge in [-0.1, -0.05) is 0 Å². The first kappa shape index (κ1) is 29.0. The Balaban J connectivity index is 5.10. The number of nitrogens with two attached hydrogens (primary N) is 1. The van der Waals surface area contributed by atoms with Gasteiger partial charge < -0.3 is 37.0 Å². The van der Waals surface area contributed by atoms with Gasteiger partial charge >= 0.3 is 11.9 Å². The molecule has 0 aromatic rings. The second-order valence-corrected chi connectivity index (χ2v) is 8.04. The molecule has 0 aliphatic rings. The fourth-order valence-electron chi connectivity index (χ4n) is 2.30. The maximum Gasteiger partial charge on any atom is 0.326 e. The molecule has 0 heterocycles. The minimum absolute atomic E-state index is 0.145. The highest BCUT2D eigenvalue weighted by Gasteiger charge is 2.32. The minimum Gasteiger partial charge on any atom is -0.481 e. The van der Waals surface area contributed by atoms with Gasteiger partial charge in [0.15, 0.2) is 0 Å². The summed E-state index contributed by atoms with van der Waals surface area (Å²) in [6.07, 6.45) is 0.0735. The van der Waals surface area contributed by atoms with Gasteiger partial charge in [-0.2, -0.15) is 24.4 Å². The number of carbonyl (C=O) groups is 5. The summed E-state index contributed by atoms with van der Waals surface area (Å²) in [4.78, 5) is 58.9. The SMILES string of the molecule is CSCCC(NC(=O)C(NC(=O)C(CS)NC(=O)C(N)CCC(=O)O)C(C)O)C(=O)O. The monoisotopic (exact) mass is 482 g/mol. The number of carbonyl (C=O) groups excluding carboxylic acids is 3. The molecule has 14 heteroatoms. The average Bonchev–Trinajstić information content (AvgIpc) is 2.70. The van der Waals surface area contributed by atoms with Gasteiger partial charge in [0.25, 0.3) is 0 Å². The quantitative estimate of drug-likeness (QED) is 0.118. The molecule has 8 N–H and O–H groups in total. The highest BCUT2D eigenvalue weighted by atomic mass is 32.2. The van der Waals surface area contributed by atoms with Crippen LogP contribution in [0.25, 0.3) is 0 Å². The topological polar surface area (TPSA) is 208 Å². The Morgan fingerprint density at radius 1 is 0.968 bits per heavy atom. The molecule has 0 rings (SSSR count). The zero-order valence-electron chi connectivity index (χ0n) is 17.2. The van der Waals surface area contributed by atoms with Gasteiger partial charge in [-0.15, -0.1) is 0 Å². The number of rotatable bonds is 15. The van der Waals surface area contributed by atoms with Crippen LogP contribution in [0.1, 0.15) is 26.2 Å². The Morgan fingerprint density at radius 3 is 2.00 bits per heavy atom. The van der Waals surface area contributed by atoms with Gasteiger partial charge in [0.1, 0.15) is 18.1 Å². The summed E-state index contributed by atoms with van der Waals surface area (Å²) in [6.45, 7) is 1.23. The molecule has 178 valence electrons. The van der Waals surface area contributed by atoms with Crippen molar-refractivity contribution in [1.29, 1.82) is 0 Å². The maximum absolute atomic E-state index is 12.5. The Kier molecular flexibility index (Phi) is 13.9. The van der Waals surface area contributed by atoms with E-state index < -0.39 is 59.9 Å². The van der Waals surface area contributed by atoms with Gasteiger partial charge in [0.05, 0.1) is 12.1 Å².